The third kappa shape index (κ3) is 3.45. The van der Waals surface area contributed by atoms with Crippen molar-refractivity contribution in [1.82, 2.24) is 19.8 Å². The van der Waals surface area contributed by atoms with Crippen molar-refractivity contribution in [3.63, 3.8) is 0 Å². The SMILES string of the molecule is CNC(=O)c1ccccc1-n1cnc(NC(=O)[C@H]2CCN(C#N)C2)c1. The summed E-state index contributed by atoms with van der Waals surface area (Å²) in [6.45, 7) is 1.03. The van der Waals surface area contributed by atoms with E-state index in [9.17, 15) is 9.59 Å². The number of para-hydroxylation sites is 1. The lowest BCUT2D eigenvalue weighted by Gasteiger charge is -2.09. The summed E-state index contributed by atoms with van der Waals surface area (Å²) in [6, 6.07) is 7.14. The van der Waals surface area contributed by atoms with Gasteiger partial charge in [0.1, 0.15) is 6.33 Å². The predicted octanol–water partition coefficient (Wildman–Crippen LogP) is 0.973. The zero-order chi connectivity index (χ0) is 17.8. The maximum atomic E-state index is 12.3. The average Bonchev–Trinajstić information content (AvgIpc) is 3.30. The van der Waals surface area contributed by atoms with Crippen molar-refractivity contribution in [2.24, 2.45) is 5.92 Å². The van der Waals surface area contributed by atoms with Gasteiger partial charge in [-0.1, -0.05) is 12.1 Å². The summed E-state index contributed by atoms with van der Waals surface area (Å²) < 4.78 is 1.69. The Bertz CT molecular complexity index is 838. The number of nitrogens with one attached hydrogen (secondary N) is 2. The number of imidazole rings is 1. The van der Waals surface area contributed by atoms with E-state index in [1.807, 2.05) is 6.07 Å². The maximum Gasteiger partial charge on any atom is 0.253 e. The molecule has 8 nitrogen and oxygen atoms in total. The predicted molar refractivity (Wildman–Crippen MR) is 90.9 cm³/mol. The van der Waals surface area contributed by atoms with Gasteiger partial charge in [-0.2, -0.15) is 5.26 Å². The second kappa shape index (κ2) is 7.05. The highest BCUT2D eigenvalue weighted by Gasteiger charge is 2.28. The molecule has 8 heteroatoms. The molecule has 1 aliphatic rings. The molecule has 1 atom stereocenters. The molecule has 0 bridgehead atoms. The van der Waals surface area contributed by atoms with Crippen molar-refractivity contribution in [2.75, 3.05) is 25.5 Å². The third-order valence-electron chi connectivity index (χ3n) is 4.19. The fraction of sp³-hybridized carbons (Fsp3) is 0.294. The highest BCUT2D eigenvalue weighted by atomic mass is 16.2. The summed E-state index contributed by atoms with van der Waals surface area (Å²) in [6.07, 6.45) is 5.92. The number of benzene rings is 1. The molecule has 2 heterocycles. The highest BCUT2D eigenvalue weighted by molar-refractivity contribution is 5.97. The van der Waals surface area contributed by atoms with Crippen LogP contribution >= 0.6 is 0 Å². The highest BCUT2D eigenvalue weighted by Crippen LogP contribution is 2.19. The number of carbonyl (C=O) groups excluding carboxylic acids is 2. The normalized spacial score (nSPS) is 16.3. The molecule has 2 amide bonds. The molecule has 0 radical (unpaired) electrons. The van der Waals surface area contributed by atoms with Crippen LogP contribution in [0.25, 0.3) is 5.69 Å². The zero-order valence-corrected chi connectivity index (χ0v) is 13.8. The van der Waals surface area contributed by atoms with Crippen LogP contribution in [0.1, 0.15) is 16.8 Å². The van der Waals surface area contributed by atoms with Crippen LogP contribution in [0, 0.1) is 17.4 Å². The van der Waals surface area contributed by atoms with E-state index in [2.05, 4.69) is 21.8 Å². The van der Waals surface area contributed by atoms with Gasteiger partial charge in [0, 0.05) is 20.1 Å². The van der Waals surface area contributed by atoms with E-state index in [4.69, 9.17) is 5.26 Å². The molecular weight excluding hydrogens is 320 g/mol. The Morgan fingerprint density at radius 1 is 1.36 bits per heavy atom. The van der Waals surface area contributed by atoms with E-state index in [-0.39, 0.29) is 17.7 Å². The Balaban J connectivity index is 1.75. The van der Waals surface area contributed by atoms with Gasteiger partial charge in [0.2, 0.25) is 5.91 Å². The van der Waals surface area contributed by atoms with E-state index < -0.39 is 0 Å². The third-order valence-corrected chi connectivity index (χ3v) is 4.19. The molecule has 3 rings (SSSR count). The van der Waals surface area contributed by atoms with Crippen LogP contribution in [0.4, 0.5) is 5.82 Å². The molecule has 0 saturated carbocycles. The fourth-order valence-corrected chi connectivity index (χ4v) is 2.84. The van der Waals surface area contributed by atoms with Crippen LogP contribution in [-0.2, 0) is 4.79 Å². The molecule has 1 aliphatic heterocycles. The minimum Gasteiger partial charge on any atom is -0.355 e. The van der Waals surface area contributed by atoms with Crippen molar-refractivity contribution < 1.29 is 9.59 Å². The molecule has 1 fully saturated rings. The quantitative estimate of drug-likeness (QED) is 0.809. The topological polar surface area (TPSA) is 103 Å². The average molecular weight is 338 g/mol. The second-order valence-electron chi connectivity index (χ2n) is 5.78. The Morgan fingerprint density at radius 3 is 2.88 bits per heavy atom. The first-order valence-electron chi connectivity index (χ1n) is 7.93. The molecule has 25 heavy (non-hydrogen) atoms. The van der Waals surface area contributed by atoms with E-state index >= 15 is 0 Å². The number of anilines is 1. The van der Waals surface area contributed by atoms with Gasteiger partial charge >= 0.3 is 0 Å². The van der Waals surface area contributed by atoms with Gasteiger partial charge in [0.25, 0.3) is 5.91 Å². The van der Waals surface area contributed by atoms with Gasteiger partial charge < -0.3 is 20.1 Å². The van der Waals surface area contributed by atoms with Crippen molar-refractivity contribution in [2.45, 2.75) is 6.42 Å². The zero-order valence-electron chi connectivity index (χ0n) is 13.8. The maximum absolute atomic E-state index is 12.3. The first kappa shape index (κ1) is 16.5. The molecule has 0 unspecified atom stereocenters. The Morgan fingerprint density at radius 2 is 2.16 bits per heavy atom. The number of rotatable bonds is 4. The van der Waals surface area contributed by atoms with Crippen LogP contribution in [0.15, 0.2) is 36.8 Å². The summed E-state index contributed by atoms with van der Waals surface area (Å²) in [5.41, 5.74) is 1.19. The van der Waals surface area contributed by atoms with Gasteiger partial charge in [0.15, 0.2) is 12.0 Å². The van der Waals surface area contributed by atoms with E-state index in [1.54, 1.807) is 47.2 Å². The summed E-state index contributed by atoms with van der Waals surface area (Å²) in [5, 5.41) is 14.2. The van der Waals surface area contributed by atoms with Gasteiger partial charge in [-0.05, 0) is 18.6 Å². The van der Waals surface area contributed by atoms with Crippen LogP contribution in [0.5, 0.6) is 0 Å². The van der Waals surface area contributed by atoms with Crippen molar-refractivity contribution >= 4 is 17.6 Å². The summed E-state index contributed by atoms with van der Waals surface area (Å²) >= 11 is 0. The second-order valence-corrected chi connectivity index (χ2v) is 5.78. The number of hydrogen-bond donors (Lipinski definition) is 2. The minimum absolute atomic E-state index is 0.150. The lowest BCUT2D eigenvalue weighted by atomic mass is 10.1. The molecule has 1 aromatic heterocycles. The van der Waals surface area contributed by atoms with Crippen LogP contribution in [0.3, 0.4) is 0 Å². The van der Waals surface area contributed by atoms with Gasteiger partial charge in [-0.3, -0.25) is 9.59 Å². The number of hydrogen-bond acceptors (Lipinski definition) is 5. The number of amides is 2. The number of likely N-dealkylation sites (tertiary alicyclic amines) is 1. The first-order chi connectivity index (χ1) is 12.1. The van der Waals surface area contributed by atoms with Crippen LogP contribution in [-0.4, -0.2) is 46.4 Å². The Hall–Kier alpha value is -3.34. The minimum atomic E-state index is -0.219. The lowest BCUT2D eigenvalue weighted by Crippen LogP contribution is -2.25. The fourth-order valence-electron chi connectivity index (χ4n) is 2.84. The monoisotopic (exact) mass is 338 g/mol. The lowest BCUT2D eigenvalue weighted by molar-refractivity contribution is -0.119. The number of nitriles is 1. The number of carbonyl (C=O) groups is 2. The molecule has 0 aliphatic carbocycles. The molecule has 128 valence electrons. The Labute approximate surface area is 145 Å². The number of aromatic nitrogens is 2. The molecular formula is C17H18N6O2. The van der Waals surface area contributed by atoms with Crippen molar-refractivity contribution in [1.29, 1.82) is 5.26 Å². The van der Waals surface area contributed by atoms with Gasteiger partial charge in [-0.15, -0.1) is 0 Å². The van der Waals surface area contributed by atoms with Crippen LogP contribution in [0.2, 0.25) is 0 Å². The smallest absolute Gasteiger partial charge is 0.253 e. The molecule has 0 spiro atoms. The molecule has 1 aromatic carbocycles. The van der Waals surface area contributed by atoms with Crippen LogP contribution < -0.4 is 10.6 Å². The molecule has 2 aromatic rings. The van der Waals surface area contributed by atoms with Crippen molar-refractivity contribution in [3.8, 4) is 11.9 Å². The van der Waals surface area contributed by atoms with Gasteiger partial charge in [-0.25, -0.2) is 4.98 Å². The standard InChI is InChI=1S/C17H18N6O2/c1-19-17(25)13-4-2-3-5-14(13)23-9-15(20-11-23)21-16(24)12-6-7-22(8-12)10-18/h2-5,9,11-12H,6-8H2,1H3,(H,19,25)(H,21,24)/t12-/m0/s1. The largest absolute Gasteiger partial charge is 0.355 e. The van der Waals surface area contributed by atoms with E-state index in [0.717, 1.165) is 0 Å². The molecule has 1 saturated heterocycles. The Kier molecular flexibility index (Phi) is 4.66. The summed E-state index contributed by atoms with van der Waals surface area (Å²) in [7, 11) is 1.57. The van der Waals surface area contributed by atoms with E-state index in [1.165, 1.54) is 0 Å². The summed E-state index contributed by atoms with van der Waals surface area (Å²) in [5.74, 6) is -0.157. The summed E-state index contributed by atoms with van der Waals surface area (Å²) in [4.78, 5) is 30.0. The van der Waals surface area contributed by atoms with Gasteiger partial charge in [0.05, 0.1) is 23.4 Å². The van der Waals surface area contributed by atoms with Crippen molar-refractivity contribution in [3.05, 3.63) is 42.4 Å². The molecule has 2 N–H and O–H groups in total. The number of nitrogens with zero attached hydrogens (tertiary/aromatic N) is 4. The first-order valence-corrected chi connectivity index (χ1v) is 7.93. The van der Waals surface area contributed by atoms with E-state index in [0.29, 0.717) is 36.6 Å².